The Morgan fingerprint density at radius 2 is 2.04 bits per heavy atom. The molecule has 0 saturated carbocycles. The van der Waals surface area contributed by atoms with Crippen molar-refractivity contribution in [2.24, 2.45) is 0 Å². The zero-order valence-electron chi connectivity index (χ0n) is 15.2. The number of H-pyrrole nitrogens is 1. The Morgan fingerprint density at radius 3 is 2.74 bits per heavy atom. The Bertz CT molecular complexity index is 908. The highest BCUT2D eigenvalue weighted by Gasteiger charge is 2.22. The van der Waals surface area contributed by atoms with E-state index in [1.807, 2.05) is 23.1 Å². The van der Waals surface area contributed by atoms with Crippen molar-refractivity contribution in [3.8, 4) is 11.5 Å². The van der Waals surface area contributed by atoms with E-state index < -0.39 is 0 Å². The smallest absolute Gasteiger partial charge is 0.253 e. The molecule has 1 saturated heterocycles. The molecule has 144 valence electrons. The van der Waals surface area contributed by atoms with Gasteiger partial charge in [-0.25, -0.2) is 0 Å². The summed E-state index contributed by atoms with van der Waals surface area (Å²) in [5.74, 6) is 1.36. The van der Waals surface area contributed by atoms with Crippen LogP contribution in [0.1, 0.15) is 18.4 Å². The fourth-order valence-corrected chi connectivity index (χ4v) is 3.66. The Morgan fingerprint density at radius 1 is 1.26 bits per heavy atom. The lowest BCUT2D eigenvalue weighted by Crippen LogP contribution is -2.42. The van der Waals surface area contributed by atoms with Crippen LogP contribution in [0.25, 0.3) is 10.9 Å². The second kappa shape index (κ2) is 7.74. The third-order valence-corrected chi connectivity index (χ3v) is 5.36. The summed E-state index contributed by atoms with van der Waals surface area (Å²) in [5.41, 5.74) is 1.25. The van der Waals surface area contributed by atoms with E-state index in [-0.39, 0.29) is 11.7 Å². The van der Waals surface area contributed by atoms with Crippen molar-refractivity contribution in [3.05, 3.63) is 34.1 Å². The molecular weight excluding hydrogens is 366 g/mol. The Hall–Kier alpha value is -2.32. The van der Waals surface area contributed by atoms with Crippen LogP contribution >= 0.6 is 12.2 Å². The van der Waals surface area contributed by atoms with Crippen LogP contribution in [0, 0.1) is 0 Å². The Balaban J connectivity index is 1.63. The summed E-state index contributed by atoms with van der Waals surface area (Å²) in [6.07, 6.45) is 2.22. The van der Waals surface area contributed by atoms with Crippen LogP contribution in [0.4, 0.5) is 0 Å². The molecule has 0 radical (unpaired) electrons. The van der Waals surface area contributed by atoms with Gasteiger partial charge >= 0.3 is 0 Å². The molecular formula is C19H23N3O4S. The molecule has 2 aliphatic rings. The number of rotatable bonds is 4. The first-order valence-electron chi connectivity index (χ1n) is 9.18. The molecule has 1 aromatic carbocycles. The molecule has 0 amide bonds. The molecule has 2 aromatic rings. The standard InChI is InChI=1S/C19H23N3O4S/c1-20-19(27)22(11-14-3-2-4-24-14)10-13-7-12-8-16-17(26-6-5-25-16)9-15(12)21-18(13)23/h7-9,14H,2-6,10-11H2,1H3,(H,20,27)(H,21,23)/t14-/m0/s1. The lowest BCUT2D eigenvalue weighted by Gasteiger charge is -2.27. The number of pyridine rings is 1. The summed E-state index contributed by atoms with van der Waals surface area (Å²) in [5, 5.41) is 4.52. The lowest BCUT2D eigenvalue weighted by atomic mass is 10.1. The van der Waals surface area contributed by atoms with Crippen LogP contribution in [-0.4, -0.2) is 54.5 Å². The average Bonchev–Trinajstić information content (AvgIpc) is 3.19. The molecule has 0 spiro atoms. The van der Waals surface area contributed by atoms with Gasteiger partial charge in [-0.3, -0.25) is 4.79 Å². The summed E-state index contributed by atoms with van der Waals surface area (Å²) < 4.78 is 17.0. The minimum atomic E-state index is -0.129. The van der Waals surface area contributed by atoms with Crippen LogP contribution in [0.15, 0.2) is 23.0 Å². The normalized spacial score (nSPS) is 18.5. The van der Waals surface area contributed by atoms with E-state index in [2.05, 4.69) is 10.3 Å². The van der Waals surface area contributed by atoms with Crippen molar-refractivity contribution < 1.29 is 14.2 Å². The maximum Gasteiger partial charge on any atom is 0.253 e. The molecule has 1 fully saturated rings. The molecule has 1 aromatic heterocycles. The Kier molecular flexibility index (Phi) is 5.18. The van der Waals surface area contributed by atoms with Gasteiger partial charge in [-0.1, -0.05) is 0 Å². The molecule has 0 bridgehead atoms. The first-order chi connectivity index (χ1) is 13.1. The highest BCUT2D eigenvalue weighted by Crippen LogP contribution is 2.33. The quantitative estimate of drug-likeness (QED) is 0.772. The van der Waals surface area contributed by atoms with Crippen molar-refractivity contribution in [3.63, 3.8) is 0 Å². The lowest BCUT2D eigenvalue weighted by molar-refractivity contribution is 0.0898. The average molecular weight is 389 g/mol. The number of fused-ring (bicyclic) bond motifs is 2. The van der Waals surface area contributed by atoms with Gasteiger partial charge in [0.2, 0.25) is 0 Å². The van der Waals surface area contributed by atoms with Gasteiger partial charge in [0.05, 0.1) is 18.2 Å². The number of nitrogens with zero attached hydrogens (tertiary/aromatic N) is 1. The number of hydrogen-bond acceptors (Lipinski definition) is 5. The van der Waals surface area contributed by atoms with E-state index >= 15 is 0 Å². The molecule has 2 N–H and O–H groups in total. The summed E-state index contributed by atoms with van der Waals surface area (Å²) in [7, 11) is 1.79. The fourth-order valence-electron chi connectivity index (χ4n) is 3.52. The first-order valence-corrected chi connectivity index (χ1v) is 9.58. The monoisotopic (exact) mass is 389 g/mol. The van der Waals surface area contributed by atoms with E-state index in [1.165, 1.54) is 0 Å². The third kappa shape index (κ3) is 3.86. The minimum absolute atomic E-state index is 0.129. The number of aromatic nitrogens is 1. The molecule has 4 rings (SSSR count). The van der Waals surface area contributed by atoms with Crippen LogP contribution in [0.3, 0.4) is 0 Å². The summed E-state index contributed by atoms with van der Waals surface area (Å²) in [6.45, 7) is 2.91. The van der Waals surface area contributed by atoms with Crippen LogP contribution in [0.2, 0.25) is 0 Å². The molecule has 27 heavy (non-hydrogen) atoms. The molecule has 0 unspecified atom stereocenters. The van der Waals surface area contributed by atoms with E-state index in [9.17, 15) is 4.79 Å². The molecule has 7 nitrogen and oxygen atoms in total. The number of benzene rings is 1. The van der Waals surface area contributed by atoms with Gasteiger partial charge in [-0.05, 0) is 37.2 Å². The van der Waals surface area contributed by atoms with Crippen LogP contribution in [-0.2, 0) is 11.3 Å². The SMILES string of the molecule is CNC(=S)N(Cc1cc2cc3c(cc2[nH]c1=O)OCCO3)C[C@@H]1CCCO1. The van der Waals surface area contributed by atoms with Crippen molar-refractivity contribution in [2.75, 3.05) is 33.4 Å². The summed E-state index contributed by atoms with van der Waals surface area (Å²) in [4.78, 5) is 17.6. The number of aromatic amines is 1. The van der Waals surface area contributed by atoms with Crippen molar-refractivity contribution in [2.45, 2.75) is 25.5 Å². The predicted octanol–water partition coefficient (Wildman–Crippen LogP) is 1.78. The van der Waals surface area contributed by atoms with Gasteiger partial charge in [-0.2, -0.15) is 0 Å². The number of nitrogens with one attached hydrogen (secondary N) is 2. The zero-order chi connectivity index (χ0) is 18.8. The number of thiocarbonyl (C=S) groups is 1. The van der Waals surface area contributed by atoms with Crippen molar-refractivity contribution in [1.29, 1.82) is 0 Å². The molecule has 2 aliphatic heterocycles. The van der Waals surface area contributed by atoms with Gasteiger partial charge in [0.1, 0.15) is 13.2 Å². The molecule has 1 atom stereocenters. The highest BCUT2D eigenvalue weighted by molar-refractivity contribution is 7.80. The van der Waals surface area contributed by atoms with E-state index in [4.69, 9.17) is 26.4 Å². The van der Waals surface area contributed by atoms with Gasteiger partial charge in [0, 0.05) is 37.2 Å². The zero-order valence-corrected chi connectivity index (χ0v) is 16.1. The number of ether oxygens (including phenoxy) is 3. The molecule has 8 heteroatoms. The summed E-state index contributed by atoms with van der Waals surface area (Å²) >= 11 is 5.44. The largest absolute Gasteiger partial charge is 0.486 e. The maximum atomic E-state index is 12.6. The van der Waals surface area contributed by atoms with Crippen LogP contribution < -0.4 is 20.3 Å². The van der Waals surface area contributed by atoms with Crippen LogP contribution in [0.5, 0.6) is 11.5 Å². The summed E-state index contributed by atoms with van der Waals surface area (Å²) in [6, 6.07) is 5.62. The first kappa shape index (κ1) is 18.1. The fraction of sp³-hybridized carbons (Fsp3) is 0.474. The highest BCUT2D eigenvalue weighted by atomic mass is 32.1. The van der Waals surface area contributed by atoms with Gasteiger partial charge < -0.3 is 29.4 Å². The van der Waals surface area contributed by atoms with Gasteiger partial charge in [0.25, 0.3) is 5.56 Å². The van der Waals surface area contributed by atoms with E-state index in [0.29, 0.717) is 48.5 Å². The predicted molar refractivity (Wildman–Crippen MR) is 107 cm³/mol. The number of hydrogen-bond donors (Lipinski definition) is 2. The second-order valence-electron chi connectivity index (χ2n) is 6.78. The van der Waals surface area contributed by atoms with Gasteiger partial charge in [0.15, 0.2) is 16.6 Å². The minimum Gasteiger partial charge on any atom is -0.486 e. The van der Waals surface area contributed by atoms with Gasteiger partial charge in [-0.15, -0.1) is 0 Å². The second-order valence-corrected chi connectivity index (χ2v) is 7.16. The maximum absolute atomic E-state index is 12.6. The van der Waals surface area contributed by atoms with Crippen molar-refractivity contribution in [1.82, 2.24) is 15.2 Å². The van der Waals surface area contributed by atoms with E-state index in [0.717, 1.165) is 30.4 Å². The third-order valence-electron chi connectivity index (χ3n) is 4.89. The van der Waals surface area contributed by atoms with E-state index in [1.54, 1.807) is 7.05 Å². The molecule has 3 heterocycles. The molecule has 0 aliphatic carbocycles. The Labute approximate surface area is 162 Å². The van der Waals surface area contributed by atoms with Crippen molar-refractivity contribution >= 4 is 28.2 Å². The topological polar surface area (TPSA) is 75.8 Å².